The van der Waals surface area contributed by atoms with Crippen molar-refractivity contribution in [3.8, 4) is 0 Å². The van der Waals surface area contributed by atoms with Crippen molar-refractivity contribution in [1.82, 2.24) is 4.33 Å². The molecule has 0 saturated heterocycles. The first-order chi connectivity index (χ1) is 5.22. The molecule has 5 heteroatoms. The molecule has 0 aromatic carbocycles. The minimum atomic E-state index is -0.734. The van der Waals surface area contributed by atoms with Crippen molar-refractivity contribution in [2.75, 3.05) is 12.0 Å². The number of carboxylic acids is 1. The summed E-state index contributed by atoms with van der Waals surface area (Å²) in [6.45, 7) is 0. The molecule has 0 amide bonds. The van der Waals surface area contributed by atoms with E-state index in [4.69, 9.17) is 5.11 Å². The number of hydrogen-bond donors (Lipinski definition) is 2. The predicted octanol–water partition coefficient (Wildman–Crippen LogP) is 0.450. The Morgan fingerprint density at radius 2 is 2.45 bits per heavy atom. The van der Waals surface area contributed by atoms with Crippen molar-refractivity contribution >= 4 is 32.9 Å². The second-order valence-corrected chi connectivity index (χ2v) is 4.33. The quantitative estimate of drug-likeness (QED) is 0.664. The normalized spacial score (nSPS) is 12.9. The van der Waals surface area contributed by atoms with E-state index in [0.29, 0.717) is 6.42 Å². The molecule has 1 atom stereocenters. The molecule has 0 aliphatic heterocycles. The fourth-order valence-electron chi connectivity index (χ4n) is 0.611. The van der Waals surface area contributed by atoms with Crippen LogP contribution in [0, 0.1) is 0 Å². The molecule has 0 aliphatic carbocycles. The van der Waals surface area contributed by atoms with Gasteiger partial charge in [-0.25, -0.2) is 0 Å². The topological polar surface area (TPSA) is 49.3 Å². The first-order valence-corrected chi connectivity index (χ1v) is 7.19. The van der Waals surface area contributed by atoms with Gasteiger partial charge in [0.25, 0.3) is 0 Å². The Hall–Kier alpha value is 0.299. The van der Waals surface area contributed by atoms with E-state index >= 15 is 0 Å². The zero-order chi connectivity index (χ0) is 8.69. The number of hydrogen-bond acceptors (Lipinski definition) is 3. The van der Waals surface area contributed by atoms with Crippen molar-refractivity contribution in [3.63, 3.8) is 0 Å². The van der Waals surface area contributed by atoms with Crippen LogP contribution in [0.5, 0.6) is 0 Å². The van der Waals surface area contributed by atoms with Crippen LogP contribution in [0.1, 0.15) is 6.42 Å². The Morgan fingerprint density at radius 1 is 1.82 bits per heavy atom. The van der Waals surface area contributed by atoms with Crippen LogP contribution in [-0.2, 0) is 4.79 Å². The molecule has 11 heavy (non-hydrogen) atoms. The van der Waals surface area contributed by atoms with Gasteiger partial charge < -0.3 is 0 Å². The fraction of sp³-hybridized carbons (Fsp3) is 0.833. The molecule has 1 unspecified atom stereocenters. The van der Waals surface area contributed by atoms with E-state index in [0.717, 1.165) is 5.75 Å². The van der Waals surface area contributed by atoms with Crippen LogP contribution in [0.2, 0.25) is 5.82 Å². The molecule has 0 aromatic rings. The standard InChI is InChI=1S/C6H13NO2SSe/c1-10-4-3-5(6(8)9)7-11-2/h5,7H,3-4H2,1-2H3,(H,8,9). The Kier molecular flexibility index (Phi) is 7.17. The van der Waals surface area contributed by atoms with E-state index in [9.17, 15) is 4.79 Å². The number of carbonyl (C=O) groups is 1. The molecule has 66 valence electrons. The summed E-state index contributed by atoms with van der Waals surface area (Å²) in [6, 6.07) is -0.340. The van der Waals surface area contributed by atoms with E-state index in [1.807, 2.05) is 12.1 Å². The van der Waals surface area contributed by atoms with E-state index in [2.05, 4.69) is 4.33 Å². The van der Waals surface area contributed by atoms with Crippen LogP contribution >= 0.6 is 11.8 Å². The molecule has 3 nitrogen and oxygen atoms in total. The van der Waals surface area contributed by atoms with Crippen molar-refractivity contribution in [3.05, 3.63) is 0 Å². The third-order valence-corrected chi connectivity index (χ3v) is 2.90. The van der Waals surface area contributed by atoms with Gasteiger partial charge in [0, 0.05) is 0 Å². The third-order valence-electron chi connectivity index (χ3n) is 1.17. The number of thioether (sulfide) groups is 1. The monoisotopic (exact) mass is 243 g/mol. The molecule has 0 spiro atoms. The van der Waals surface area contributed by atoms with Crippen LogP contribution in [-0.4, -0.2) is 44.3 Å². The summed E-state index contributed by atoms with van der Waals surface area (Å²) in [6.07, 6.45) is 2.70. The van der Waals surface area contributed by atoms with E-state index < -0.39 is 5.97 Å². The maximum absolute atomic E-state index is 10.5. The first kappa shape index (κ1) is 11.3. The summed E-state index contributed by atoms with van der Waals surface area (Å²) < 4.78 is 2.97. The van der Waals surface area contributed by atoms with Crippen LogP contribution in [0.3, 0.4) is 0 Å². The minimum absolute atomic E-state index is 0.238. The zero-order valence-electron chi connectivity index (χ0n) is 6.66. The Morgan fingerprint density at radius 3 is 2.82 bits per heavy atom. The van der Waals surface area contributed by atoms with Crippen molar-refractivity contribution in [1.29, 1.82) is 0 Å². The van der Waals surface area contributed by atoms with Gasteiger partial charge in [0.15, 0.2) is 0 Å². The van der Waals surface area contributed by atoms with E-state index in [-0.39, 0.29) is 21.2 Å². The molecule has 0 aliphatic rings. The molecular weight excluding hydrogens is 229 g/mol. The van der Waals surface area contributed by atoms with Gasteiger partial charge in [-0.3, -0.25) is 0 Å². The van der Waals surface area contributed by atoms with Crippen LogP contribution in [0.25, 0.3) is 0 Å². The van der Waals surface area contributed by atoms with Gasteiger partial charge >= 0.3 is 77.4 Å². The average molecular weight is 242 g/mol. The predicted molar refractivity (Wildman–Crippen MR) is 49.2 cm³/mol. The van der Waals surface area contributed by atoms with E-state index in [1.54, 1.807) is 11.8 Å². The molecule has 0 fully saturated rings. The van der Waals surface area contributed by atoms with Crippen molar-refractivity contribution < 1.29 is 9.90 Å². The molecule has 2 N–H and O–H groups in total. The van der Waals surface area contributed by atoms with Gasteiger partial charge in [0.1, 0.15) is 0 Å². The maximum atomic E-state index is 10.5. The number of aliphatic carboxylic acids is 1. The molecule has 0 heterocycles. The van der Waals surface area contributed by atoms with E-state index in [1.165, 1.54) is 0 Å². The molecule has 0 rings (SSSR count). The molecular formula is C6H13NO2SSe. The zero-order valence-corrected chi connectivity index (χ0v) is 9.19. The summed E-state index contributed by atoms with van der Waals surface area (Å²) in [5.74, 6) is 2.14. The Bertz CT molecular complexity index is 123. The van der Waals surface area contributed by atoms with Gasteiger partial charge in [0.05, 0.1) is 0 Å². The SMILES string of the molecule is CSCCC(N[Se]C)C(=O)O. The van der Waals surface area contributed by atoms with Crippen molar-refractivity contribution in [2.45, 2.75) is 18.3 Å². The van der Waals surface area contributed by atoms with Gasteiger partial charge in [-0.15, -0.1) is 0 Å². The van der Waals surface area contributed by atoms with Crippen LogP contribution in [0.4, 0.5) is 0 Å². The molecule has 0 radical (unpaired) electrons. The average Bonchev–Trinajstić information content (AvgIpc) is 1.97. The number of carboxylic acid groups (broad SMARTS) is 1. The van der Waals surface area contributed by atoms with Gasteiger partial charge in [-0.1, -0.05) is 0 Å². The second kappa shape index (κ2) is 6.98. The fourth-order valence-corrected chi connectivity index (χ4v) is 2.14. The van der Waals surface area contributed by atoms with Crippen LogP contribution in [0.15, 0.2) is 0 Å². The summed E-state index contributed by atoms with van der Waals surface area (Å²) in [7, 11) is 0. The molecule has 0 bridgehead atoms. The summed E-state index contributed by atoms with van der Waals surface area (Å²) >= 11 is 1.91. The number of nitrogens with one attached hydrogen (secondary N) is 1. The van der Waals surface area contributed by atoms with Gasteiger partial charge in [-0.2, -0.15) is 0 Å². The number of rotatable bonds is 6. The molecule has 0 saturated carbocycles. The van der Waals surface area contributed by atoms with Crippen LogP contribution < -0.4 is 4.33 Å². The Balaban J connectivity index is 3.60. The summed E-state index contributed by atoms with van der Waals surface area (Å²) in [5.41, 5.74) is 0. The van der Waals surface area contributed by atoms with Gasteiger partial charge in [-0.05, 0) is 0 Å². The van der Waals surface area contributed by atoms with Crippen molar-refractivity contribution in [2.24, 2.45) is 0 Å². The summed E-state index contributed by atoms with van der Waals surface area (Å²) in [5, 5.41) is 8.67. The third kappa shape index (κ3) is 5.56. The second-order valence-electron chi connectivity index (χ2n) is 1.99. The summed E-state index contributed by atoms with van der Waals surface area (Å²) in [4.78, 5) is 10.5. The first-order valence-electron chi connectivity index (χ1n) is 3.22. The molecule has 0 aromatic heterocycles. The Labute approximate surface area is 77.7 Å². The van der Waals surface area contributed by atoms with Gasteiger partial charge in [0.2, 0.25) is 0 Å².